The van der Waals surface area contributed by atoms with Crippen LogP contribution < -0.4 is 14.5 Å². The van der Waals surface area contributed by atoms with Crippen LogP contribution in [0.5, 0.6) is 5.75 Å². The molecule has 1 saturated heterocycles. The highest BCUT2D eigenvalue weighted by atomic mass is 79.9. The van der Waals surface area contributed by atoms with Gasteiger partial charge in [0.15, 0.2) is 0 Å². The molecule has 0 bridgehead atoms. The van der Waals surface area contributed by atoms with E-state index in [1.54, 1.807) is 0 Å². The summed E-state index contributed by atoms with van der Waals surface area (Å²) in [7, 11) is 0. The minimum Gasteiger partial charge on any atom is -0.488 e. The molecular weight excluding hydrogens is 610 g/mol. The second-order valence-electron chi connectivity index (χ2n) is 10.8. The summed E-state index contributed by atoms with van der Waals surface area (Å²) in [6.07, 6.45) is 0. The van der Waals surface area contributed by atoms with Gasteiger partial charge in [0.1, 0.15) is 18.4 Å². The minimum absolute atomic E-state index is 0.253. The Kier molecular flexibility index (Phi) is 9.57. The van der Waals surface area contributed by atoms with E-state index in [0.717, 1.165) is 64.2 Å². The molecule has 6 rings (SSSR count). The molecule has 0 amide bonds. The Bertz CT molecular complexity index is 1700. The van der Waals surface area contributed by atoms with Crippen molar-refractivity contribution >= 4 is 27.3 Å². The maximum Gasteiger partial charge on any atom is 0.134 e. The van der Waals surface area contributed by atoms with Crippen molar-refractivity contribution in [1.29, 1.82) is 5.26 Å². The van der Waals surface area contributed by atoms with E-state index in [0.29, 0.717) is 24.5 Å². The van der Waals surface area contributed by atoms with Crippen LogP contribution in [-0.4, -0.2) is 26.2 Å². The van der Waals surface area contributed by atoms with Crippen LogP contribution in [0.2, 0.25) is 0 Å². The topological polar surface area (TPSA) is 48.7 Å². The lowest BCUT2D eigenvalue weighted by Crippen LogP contribution is -2.46. The molecule has 1 heterocycles. The van der Waals surface area contributed by atoms with E-state index >= 15 is 0 Å². The molecule has 0 radical (unpaired) electrons. The van der Waals surface area contributed by atoms with Gasteiger partial charge in [0.2, 0.25) is 0 Å². The second kappa shape index (κ2) is 14.3. The fourth-order valence-corrected chi connectivity index (χ4v) is 5.91. The van der Waals surface area contributed by atoms with E-state index in [4.69, 9.17) is 9.47 Å². The van der Waals surface area contributed by atoms with E-state index in [9.17, 15) is 5.26 Å². The van der Waals surface area contributed by atoms with Crippen LogP contribution in [0.4, 0.5) is 11.4 Å². The van der Waals surface area contributed by atoms with Gasteiger partial charge in [-0.2, -0.15) is 5.26 Å². The maximum atomic E-state index is 10.7. The minimum atomic E-state index is 0.253. The molecule has 0 unspecified atom stereocenters. The Hall–Kier alpha value is -4.57. The van der Waals surface area contributed by atoms with Gasteiger partial charge in [-0.15, -0.1) is 0 Å². The van der Waals surface area contributed by atoms with Crippen LogP contribution in [0, 0.1) is 11.3 Å². The zero-order valence-corrected chi connectivity index (χ0v) is 26.1. The summed E-state index contributed by atoms with van der Waals surface area (Å²) in [6.45, 7) is 4.43. The third-order valence-electron chi connectivity index (χ3n) is 7.95. The van der Waals surface area contributed by atoms with E-state index in [-0.39, 0.29) is 6.61 Å². The van der Waals surface area contributed by atoms with Crippen LogP contribution >= 0.6 is 15.9 Å². The van der Waals surface area contributed by atoms with Gasteiger partial charge in [0, 0.05) is 47.5 Å². The number of halogens is 1. The number of anilines is 2. The lowest BCUT2D eigenvalue weighted by molar-refractivity contribution is 0.104. The number of nitriles is 1. The Morgan fingerprint density at radius 2 is 1.23 bits per heavy atom. The number of ether oxygens (including phenoxy) is 2. The zero-order chi connectivity index (χ0) is 30.1. The van der Waals surface area contributed by atoms with Crippen LogP contribution in [0.25, 0.3) is 11.1 Å². The number of hydrogen-bond donors (Lipinski definition) is 0. The monoisotopic (exact) mass is 643 g/mol. The summed E-state index contributed by atoms with van der Waals surface area (Å²) in [5.74, 6) is 0.687. The van der Waals surface area contributed by atoms with Crippen molar-refractivity contribution in [2.24, 2.45) is 0 Å². The van der Waals surface area contributed by atoms with Crippen LogP contribution in [0.3, 0.4) is 0 Å². The molecule has 0 spiro atoms. The molecule has 5 aromatic rings. The first-order valence-corrected chi connectivity index (χ1v) is 15.7. The number of piperazine rings is 1. The lowest BCUT2D eigenvalue weighted by atomic mass is 9.95. The largest absolute Gasteiger partial charge is 0.488 e. The fourth-order valence-electron chi connectivity index (χ4n) is 5.65. The SMILES string of the molecule is N#Cc1c(N2CCN(c3ccccc3)CC2)cc(-c2ccc(Br)cc2)c(OCc2ccccc2)c1COCc1ccccc1. The lowest BCUT2D eigenvalue weighted by Gasteiger charge is -2.38. The van der Waals surface area contributed by atoms with E-state index in [2.05, 4.69) is 86.4 Å². The Labute approximate surface area is 268 Å². The van der Waals surface area contributed by atoms with Gasteiger partial charge in [-0.3, -0.25) is 0 Å². The maximum absolute atomic E-state index is 10.7. The molecule has 1 aliphatic rings. The highest BCUT2D eigenvalue weighted by Gasteiger charge is 2.26. The van der Waals surface area contributed by atoms with Gasteiger partial charge in [-0.25, -0.2) is 0 Å². The highest BCUT2D eigenvalue weighted by Crippen LogP contribution is 2.42. The van der Waals surface area contributed by atoms with E-state index in [1.165, 1.54) is 5.69 Å². The Morgan fingerprint density at radius 3 is 1.84 bits per heavy atom. The molecule has 5 aromatic carbocycles. The summed E-state index contributed by atoms with van der Waals surface area (Å²) < 4.78 is 13.9. The molecule has 1 aliphatic heterocycles. The average Bonchev–Trinajstić information content (AvgIpc) is 3.09. The van der Waals surface area contributed by atoms with Gasteiger partial charge >= 0.3 is 0 Å². The molecule has 220 valence electrons. The molecule has 0 N–H and O–H groups in total. The summed E-state index contributed by atoms with van der Waals surface area (Å²) in [5, 5.41) is 10.7. The zero-order valence-electron chi connectivity index (χ0n) is 24.5. The van der Waals surface area contributed by atoms with Crippen LogP contribution in [-0.2, 0) is 24.6 Å². The summed E-state index contributed by atoms with van der Waals surface area (Å²) in [6, 6.07) is 43.7. The Balaban J connectivity index is 1.40. The Morgan fingerprint density at radius 1 is 0.659 bits per heavy atom. The second-order valence-corrected chi connectivity index (χ2v) is 11.7. The van der Waals surface area contributed by atoms with Gasteiger partial charge < -0.3 is 19.3 Å². The van der Waals surface area contributed by atoms with Gasteiger partial charge in [0.25, 0.3) is 0 Å². The number of rotatable bonds is 10. The first-order valence-electron chi connectivity index (χ1n) is 14.9. The first kappa shape index (κ1) is 29.5. The van der Waals surface area contributed by atoms with Crippen molar-refractivity contribution in [3.05, 3.63) is 148 Å². The number of benzene rings is 5. The quantitative estimate of drug-likeness (QED) is 0.152. The molecule has 0 atom stereocenters. The normalized spacial score (nSPS) is 13.0. The molecule has 6 heteroatoms. The smallest absolute Gasteiger partial charge is 0.134 e. The van der Waals surface area contributed by atoms with Crippen LogP contribution in [0.1, 0.15) is 22.3 Å². The third kappa shape index (κ3) is 6.97. The van der Waals surface area contributed by atoms with E-state index in [1.807, 2.05) is 66.7 Å². The molecule has 0 aromatic heterocycles. The van der Waals surface area contributed by atoms with Crippen molar-refractivity contribution in [3.8, 4) is 22.9 Å². The standard InChI is InChI=1S/C38H34BrN3O2/c39-32-18-16-31(17-19-32)34-24-37(42-22-20-41(21-23-42)33-14-8-3-9-15-33)35(25-40)36(28-43-26-29-10-4-1-5-11-29)38(34)44-27-30-12-6-2-7-13-30/h1-19,24H,20-23,26-28H2. The summed E-state index contributed by atoms with van der Waals surface area (Å²) in [4.78, 5) is 4.74. The predicted octanol–water partition coefficient (Wildman–Crippen LogP) is 8.61. The molecule has 0 aliphatic carbocycles. The van der Waals surface area contributed by atoms with Crippen LogP contribution in [0.15, 0.2) is 126 Å². The van der Waals surface area contributed by atoms with Gasteiger partial charge in [-0.05, 0) is 47.0 Å². The number of hydrogen-bond acceptors (Lipinski definition) is 5. The molecule has 0 saturated carbocycles. The van der Waals surface area contributed by atoms with Crippen molar-refractivity contribution < 1.29 is 9.47 Å². The third-order valence-corrected chi connectivity index (χ3v) is 8.48. The van der Waals surface area contributed by atoms with E-state index < -0.39 is 0 Å². The highest BCUT2D eigenvalue weighted by molar-refractivity contribution is 9.10. The number of para-hydroxylation sites is 1. The first-order chi connectivity index (χ1) is 21.7. The van der Waals surface area contributed by atoms with Crippen molar-refractivity contribution in [3.63, 3.8) is 0 Å². The fraction of sp³-hybridized carbons (Fsp3) is 0.184. The number of nitrogens with zero attached hydrogens (tertiary/aromatic N) is 3. The molecule has 1 fully saturated rings. The summed E-state index contributed by atoms with van der Waals surface area (Å²) >= 11 is 3.59. The van der Waals surface area contributed by atoms with Gasteiger partial charge in [0.05, 0.1) is 24.5 Å². The van der Waals surface area contributed by atoms with Crippen molar-refractivity contribution in [2.75, 3.05) is 36.0 Å². The van der Waals surface area contributed by atoms with Crippen molar-refractivity contribution in [2.45, 2.75) is 19.8 Å². The van der Waals surface area contributed by atoms with Gasteiger partial charge in [-0.1, -0.05) is 107 Å². The molecule has 44 heavy (non-hydrogen) atoms. The molecular formula is C38H34BrN3O2. The summed E-state index contributed by atoms with van der Waals surface area (Å²) in [5.41, 5.74) is 7.64. The molecule has 5 nitrogen and oxygen atoms in total. The van der Waals surface area contributed by atoms with Crippen molar-refractivity contribution in [1.82, 2.24) is 0 Å². The predicted molar refractivity (Wildman–Crippen MR) is 181 cm³/mol. The average molecular weight is 645 g/mol.